The molecule has 2 N–H and O–H groups in total. The largest absolute Gasteiger partial charge is 0.393 e. The van der Waals surface area contributed by atoms with Crippen molar-refractivity contribution in [1.29, 1.82) is 0 Å². The van der Waals surface area contributed by atoms with Gasteiger partial charge in [0.2, 0.25) is 0 Å². The van der Waals surface area contributed by atoms with E-state index < -0.39 is 13.0 Å². The Morgan fingerprint density at radius 3 is 2.65 bits per heavy atom. The van der Waals surface area contributed by atoms with Gasteiger partial charge in [-0.25, -0.2) is 0 Å². The zero-order valence-electron chi connectivity index (χ0n) is 11.8. The second kappa shape index (κ2) is 7.30. The van der Waals surface area contributed by atoms with Crippen LogP contribution in [0.15, 0.2) is 12.1 Å². The van der Waals surface area contributed by atoms with E-state index in [9.17, 15) is 10.1 Å². The van der Waals surface area contributed by atoms with Crippen LogP contribution in [0.25, 0.3) is 0 Å². The zero-order chi connectivity index (χ0) is 15.3. The molecule has 0 spiro atoms. The molecule has 0 amide bonds. The minimum Gasteiger partial charge on any atom is -0.393 e. The van der Waals surface area contributed by atoms with Crippen LogP contribution in [0.5, 0.6) is 0 Å². The van der Waals surface area contributed by atoms with Gasteiger partial charge in [-0.3, -0.25) is 10.1 Å². The van der Waals surface area contributed by atoms with Crippen molar-refractivity contribution in [3.05, 3.63) is 32.8 Å². The SMILES string of the molecule is C[Si](C)(C)CCSOCc1c(Cl)ccc([N+](=O)[O-])c1N. The van der Waals surface area contributed by atoms with Gasteiger partial charge in [0.05, 0.1) is 11.5 Å². The quantitative estimate of drug-likeness (QED) is 0.200. The van der Waals surface area contributed by atoms with Gasteiger partial charge in [0.25, 0.3) is 5.69 Å². The summed E-state index contributed by atoms with van der Waals surface area (Å²) in [5.41, 5.74) is 6.17. The molecule has 0 aliphatic rings. The summed E-state index contributed by atoms with van der Waals surface area (Å²) in [6, 6.07) is 3.93. The van der Waals surface area contributed by atoms with Crippen LogP contribution < -0.4 is 5.73 Å². The fourth-order valence-electron chi connectivity index (χ4n) is 1.44. The van der Waals surface area contributed by atoms with Gasteiger partial charge in [-0.2, -0.15) is 0 Å². The van der Waals surface area contributed by atoms with Crippen LogP contribution in [0, 0.1) is 10.1 Å². The number of hydrogen-bond acceptors (Lipinski definition) is 5. The standard InChI is InChI=1S/C12H19ClN2O3SSi/c1-20(2,3)7-6-19-18-8-9-10(13)4-5-11(12(9)14)15(16)17/h4-5H,6-8,14H2,1-3H3. The Hall–Kier alpha value is -0.763. The third-order valence-corrected chi connectivity index (χ3v) is 5.82. The molecule has 8 heteroatoms. The number of nitro benzene ring substituents is 1. The molecule has 1 rings (SSSR count). The number of anilines is 1. The highest BCUT2D eigenvalue weighted by Gasteiger charge is 2.18. The third-order valence-electron chi connectivity index (χ3n) is 2.70. The average Bonchev–Trinajstić information content (AvgIpc) is 2.30. The van der Waals surface area contributed by atoms with E-state index in [1.165, 1.54) is 24.2 Å². The first-order valence-electron chi connectivity index (χ1n) is 6.18. The lowest BCUT2D eigenvalue weighted by Gasteiger charge is -2.14. The lowest BCUT2D eigenvalue weighted by Crippen LogP contribution is -2.19. The van der Waals surface area contributed by atoms with E-state index in [2.05, 4.69) is 19.6 Å². The topological polar surface area (TPSA) is 78.4 Å². The van der Waals surface area contributed by atoms with Crippen LogP contribution in [0.1, 0.15) is 5.56 Å². The van der Waals surface area contributed by atoms with Gasteiger partial charge in [0.1, 0.15) is 5.69 Å². The summed E-state index contributed by atoms with van der Waals surface area (Å²) in [7, 11) is -1.07. The molecular formula is C12H19ClN2O3SSi. The summed E-state index contributed by atoms with van der Waals surface area (Å²) in [4.78, 5) is 10.3. The molecule has 0 unspecified atom stereocenters. The molecule has 0 bridgehead atoms. The Kier molecular flexibility index (Phi) is 6.31. The van der Waals surface area contributed by atoms with E-state index >= 15 is 0 Å². The Labute approximate surface area is 129 Å². The molecule has 20 heavy (non-hydrogen) atoms. The number of nitrogens with zero attached hydrogens (tertiary/aromatic N) is 1. The molecule has 112 valence electrons. The van der Waals surface area contributed by atoms with E-state index in [0.717, 1.165) is 11.8 Å². The Morgan fingerprint density at radius 2 is 2.10 bits per heavy atom. The monoisotopic (exact) mass is 334 g/mol. The fourth-order valence-corrected chi connectivity index (χ4v) is 4.76. The first-order chi connectivity index (χ1) is 9.22. The molecule has 1 aromatic carbocycles. The molecule has 0 radical (unpaired) electrons. The highest BCUT2D eigenvalue weighted by Crippen LogP contribution is 2.32. The first-order valence-corrected chi connectivity index (χ1v) is 11.2. The zero-order valence-corrected chi connectivity index (χ0v) is 14.4. The molecule has 0 saturated heterocycles. The maximum atomic E-state index is 10.8. The highest BCUT2D eigenvalue weighted by molar-refractivity contribution is 7.94. The van der Waals surface area contributed by atoms with Gasteiger partial charge in [-0.1, -0.05) is 31.2 Å². The Morgan fingerprint density at radius 1 is 1.45 bits per heavy atom. The van der Waals surface area contributed by atoms with E-state index in [0.29, 0.717) is 10.6 Å². The van der Waals surface area contributed by atoms with E-state index in [1.807, 2.05) is 0 Å². The molecule has 0 atom stereocenters. The van der Waals surface area contributed by atoms with Crippen molar-refractivity contribution in [3.63, 3.8) is 0 Å². The maximum absolute atomic E-state index is 10.8. The minimum atomic E-state index is -1.07. The Balaban J connectivity index is 2.60. The van der Waals surface area contributed by atoms with Gasteiger partial charge in [0, 0.05) is 30.5 Å². The van der Waals surface area contributed by atoms with E-state index in [1.54, 1.807) is 0 Å². The van der Waals surface area contributed by atoms with E-state index in [-0.39, 0.29) is 18.0 Å². The third kappa shape index (κ3) is 5.32. The molecule has 0 heterocycles. The summed E-state index contributed by atoms with van der Waals surface area (Å²) < 4.78 is 5.46. The predicted molar refractivity (Wildman–Crippen MR) is 87.9 cm³/mol. The molecule has 0 aliphatic carbocycles. The van der Waals surface area contributed by atoms with Gasteiger partial charge < -0.3 is 9.92 Å². The van der Waals surface area contributed by atoms with Gasteiger partial charge >= 0.3 is 0 Å². The van der Waals surface area contributed by atoms with Crippen LogP contribution in [0.4, 0.5) is 11.4 Å². The lowest BCUT2D eigenvalue weighted by atomic mass is 10.1. The van der Waals surface area contributed by atoms with Gasteiger partial charge in [-0.05, 0) is 24.2 Å². The lowest BCUT2D eigenvalue weighted by molar-refractivity contribution is -0.384. The first kappa shape index (κ1) is 17.3. The number of nitrogen functional groups attached to an aromatic ring is 1. The van der Waals surface area contributed by atoms with E-state index in [4.69, 9.17) is 21.5 Å². The van der Waals surface area contributed by atoms with Crippen LogP contribution in [-0.4, -0.2) is 18.8 Å². The summed E-state index contributed by atoms with van der Waals surface area (Å²) in [6.07, 6.45) is 0. The number of nitro groups is 1. The molecule has 0 aromatic heterocycles. The smallest absolute Gasteiger partial charge is 0.292 e. The summed E-state index contributed by atoms with van der Waals surface area (Å²) >= 11 is 7.36. The van der Waals surface area contributed by atoms with Crippen LogP contribution >= 0.6 is 23.6 Å². The minimum absolute atomic E-state index is 0.0771. The predicted octanol–water partition coefficient (Wildman–Crippen LogP) is 4.33. The van der Waals surface area contributed by atoms with Crippen molar-refractivity contribution >= 4 is 43.1 Å². The van der Waals surface area contributed by atoms with Crippen molar-refractivity contribution in [2.24, 2.45) is 0 Å². The van der Waals surface area contributed by atoms with Crippen LogP contribution in [-0.2, 0) is 10.8 Å². The molecular weight excluding hydrogens is 316 g/mol. The average molecular weight is 335 g/mol. The van der Waals surface area contributed by atoms with Crippen molar-refractivity contribution in [3.8, 4) is 0 Å². The highest BCUT2D eigenvalue weighted by atomic mass is 35.5. The van der Waals surface area contributed by atoms with Gasteiger partial charge in [0.15, 0.2) is 0 Å². The molecule has 0 fully saturated rings. The van der Waals surface area contributed by atoms with Crippen molar-refractivity contribution in [2.45, 2.75) is 32.3 Å². The number of benzene rings is 1. The summed E-state index contributed by atoms with van der Waals surface area (Å²) in [5.74, 6) is 0.905. The van der Waals surface area contributed by atoms with Crippen molar-refractivity contribution in [1.82, 2.24) is 0 Å². The summed E-state index contributed by atoms with van der Waals surface area (Å²) in [6.45, 7) is 7.05. The molecule has 0 aliphatic heterocycles. The van der Waals surface area contributed by atoms with Gasteiger partial charge in [-0.15, -0.1) is 0 Å². The summed E-state index contributed by atoms with van der Waals surface area (Å²) in [5, 5.41) is 11.2. The second-order valence-electron chi connectivity index (χ2n) is 5.61. The number of halogens is 1. The number of rotatable bonds is 7. The second-order valence-corrected chi connectivity index (χ2v) is 12.5. The molecule has 5 nitrogen and oxygen atoms in total. The molecule has 0 saturated carbocycles. The van der Waals surface area contributed by atoms with Crippen molar-refractivity contribution < 1.29 is 9.11 Å². The van der Waals surface area contributed by atoms with Crippen LogP contribution in [0.2, 0.25) is 30.7 Å². The fraction of sp³-hybridized carbons (Fsp3) is 0.500. The maximum Gasteiger partial charge on any atom is 0.292 e. The number of hydrogen-bond donors (Lipinski definition) is 1. The van der Waals surface area contributed by atoms with Crippen molar-refractivity contribution in [2.75, 3.05) is 11.5 Å². The van der Waals surface area contributed by atoms with Crippen LogP contribution in [0.3, 0.4) is 0 Å². The normalized spacial score (nSPS) is 11.6. The molecule has 1 aromatic rings. The number of nitrogens with two attached hydrogens (primary N) is 1. The Bertz CT molecular complexity index is 494.